The Hall–Kier alpha value is -1.04. The highest BCUT2D eigenvalue weighted by Gasteiger charge is 2.21. The normalized spacial score (nSPS) is 22.9. The summed E-state index contributed by atoms with van der Waals surface area (Å²) in [5, 5.41) is 0. The van der Waals surface area contributed by atoms with Gasteiger partial charge >= 0.3 is 0 Å². The van der Waals surface area contributed by atoms with Crippen molar-refractivity contribution in [3.8, 4) is 0 Å². The topological polar surface area (TPSA) is 73.1 Å². The number of hydrogen-bond acceptors (Lipinski definition) is 5. The average Bonchev–Trinajstić information content (AvgIpc) is 2.80. The van der Waals surface area contributed by atoms with E-state index in [1.54, 1.807) is 18.6 Å². The molecule has 2 rings (SSSR count). The van der Waals surface area contributed by atoms with Gasteiger partial charge in [-0.25, -0.2) is 0 Å². The number of nitrogens with zero attached hydrogens (tertiary/aromatic N) is 2. The quantitative estimate of drug-likeness (QED) is 0.553. The Morgan fingerprint density at radius 1 is 1.60 bits per heavy atom. The van der Waals surface area contributed by atoms with Crippen molar-refractivity contribution in [1.29, 1.82) is 0 Å². The first-order valence-corrected chi connectivity index (χ1v) is 5.20. The SMILES string of the molecule is NNC(CC1CCOC1)c1cnccn1. The predicted octanol–water partition coefficient (Wildman–Crippen LogP) is 0.408. The van der Waals surface area contributed by atoms with Crippen LogP contribution in [0.5, 0.6) is 0 Å². The van der Waals surface area contributed by atoms with E-state index in [-0.39, 0.29) is 6.04 Å². The van der Waals surface area contributed by atoms with Crippen LogP contribution in [0.1, 0.15) is 24.6 Å². The lowest BCUT2D eigenvalue weighted by atomic mass is 9.98. The second-order valence-corrected chi connectivity index (χ2v) is 3.81. The zero-order valence-corrected chi connectivity index (χ0v) is 8.60. The van der Waals surface area contributed by atoms with Crippen LogP contribution < -0.4 is 11.3 Å². The lowest BCUT2D eigenvalue weighted by Crippen LogP contribution is -2.30. The fourth-order valence-corrected chi connectivity index (χ4v) is 1.87. The summed E-state index contributed by atoms with van der Waals surface area (Å²) in [6.07, 6.45) is 7.16. The van der Waals surface area contributed by atoms with E-state index in [4.69, 9.17) is 10.6 Å². The predicted molar refractivity (Wildman–Crippen MR) is 55.6 cm³/mol. The molecule has 2 atom stereocenters. The van der Waals surface area contributed by atoms with Crippen molar-refractivity contribution in [2.45, 2.75) is 18.9 Å². The van der Waals surface area contributed by atoms with Gasteiger partial charge in [0.25, 0.3) is 0 Å². The molecule has 0 bridgehead atoms. The molecule has 1 aromatic rings. The minimum absolute atomic E-state index is 0.0744. The molecule has 0 spiro atoms. The van der Waals surface area contributed by atoms with E-state index in [9.17, 15) is 0 Å². The maximum Gasteiger partial charge on any atom is 0.0769 e. The average molecular weight is 208 g/mol. The first kappa shape index (κ1) is 10.5. The van der Waals surface area contributed by atoms with Crippen LogP contribution in [0.3, 0.4) is 0 Å². The van der Waals surface area contributed by atoms with E-state index in [0.29, 0.717) is 5.92 Å². The van der Waals surface area contributed by atoms with Crippen molar-refractivity contribution < 1.29 is 4.74 Å². The van der Waals surface area contributed by atoms with E-state index in [1.807, 2.05) is 0 Å². The third-order valence-corrected chi connectivity index (χ3v) is 2.73. The minimum atomic E-state index is 0.0744. The fraction of sp³-hybridized carbons (Fsp3) is 0.600. The summed E-state index contributed by atoms with van der Waals surface area (Å²) in [6.45, 7) is 1.70. The Balaban J connectivity index is 1.97. The van der Waals surface area contributed by atoms with Gasteiger partial charge in [0, 0.05) is 25.6 Å². The minimum Gasteiger partial charge on any atom is -0.381 e. The zero-order valence-electron chi connectivity index (χ0n) is 8.60. The van der Waals surface area contributed by atoms with Crippen LogP contribution in [0, 0.1) is 5.92 Å². The molecular weight excluding hydrogens is 192 g/mol. The van der Waals surface area contributed by atoms with Crippen molar-refractivity contribution in [2.24, 2.45) is 11.8 Å². The lowest BCUT2D eigenvalue weighted by molar-refractivity contribution is 0.181. The van der Waals surface area contributed by atoms with Crippen molar-refractivity contribution in [3.63, 3.8) is 0 Å². The first-order valence-electron chi connectivity index (χ1n) is 5.20. The summed E-state index contributed by atoms with van der Waals surface area (Å²) < 4.78 is 5.33. The van der Waals surface area contributed by atoms with Crippen LogP contribution in [-0.4, -0.2) is 23.2 Å². The maximum absolute atomic E-state index is 5.52. The molecule has 2 unspecified atom stereocenters. The van der Waals surface area contributed by atoms with Gasteiger partial charge in [-0.05, 0) is 18.8 Å². The third-order valence-electron chi connectivity index (χ3n) is 2.73. The lowest BCUT2D eigenvalue weighted by Gasteiger charge is -2.17. The highest BCUT2D eigenvalue weighted by molar-refractivity contribution is 5.02. The molecule has 5 heteroatoms. The molecule has 15 heavy (non-hydrogen) atoms. The molecular formula is C10H16N4O. The monoisotopic (exact) mass is 208 g/mol. The van der Waals surface area contributed by atoms with E-state index in [2.05, 4.69) is 15.4 Å². The Bertz CT molecular complexity index is 287. The van der Waals surface area contributed by atoms with Gasteiger partial charge in [-0.3, -0.25) is 21.2 Å². The molecule has 0 aliphatic carbocycles. The Morgan fingerprint density at radius 2 is 2.53 bits per heavy atom. The molecule has 1 fully saturated rings. The van der Waals surface area contributed by atoms with Crippen LogP contribution >= 0.6 is 0 Å². The number of nitrogens with two attached hydrogens (primary N) is 1. The molecule has 0 radical (unpaired) electrons. The van der Waals surface area contributed by atoms with E-state index < -0.39 is 0 Å². The fourth-order valence-electron chi connectivity index (χ4n) is 1.87. The molecule has 0 amide bonds. The molecule has 2 heterocycles. The van der Waals surface area contributed by atoms with Crippen molar-refractivity contribution in [1.82, 2.24) is 15.4 Å². The van der Waals surface area contributed by atoms with Gasteiger partial charge in [0.2, 0.25) is 0 Å². The number of hydrogen-bond donors (Lipinski definition) is 2. The van der Waals surface area contributed by atoms with Gasteiger partial charge in [-0.1, -0.05) is 0 Å². The molecule has 3 N–H and O–H groups in total. The zero-order chi connectivity index (χ0) is 10.5. The van der Waals surface area contributed by atoms with Crippen molar-refractivity contribution in [3.05, 3.63) is 24.3 Å². The van der Waals surface area contributed by atoms with E-state index >= 15 is 0 Å². The second kappa shape index (κ2) is 5.16. The number of nitrogens with one attached hydrogen (secondary N) is 1. The van der Waals surface area contributed by atoms with E-state index in [0.717, 1.165) is 31.7 Å². The Labute approximate surface area is 89.0 Å². The number of ether oxygens (including phenoxy) is 1. The standard InChI is InChI=1S/C10H16N4O/c11-14-9(5-8-1-4-15-7-8)10-6-12-2-3-13-10/h2-3,6,8-9,14H,1,4-5,7,11H2. The maximum atomic E-state index is 5.52. The van der Waals surface area contributed by atoms with Crippen LogP contribution in [0.25, 0.3) is 0 Å². The number of aromatic nitrogens is 2. The number of rotatable bonds is 4. The first-order chi connectivity index (χ1) is 7.40. The van der Waals surface area contributed by atoms with Gasteiger partial charge in [0.15, 0.2) is 0 Å². The molecule has 0 saturated carbocycles. The molecule has 5 nitrogen and oxygen atoms in total. The van der Waals surface area contributed by atoms with E-state index in [1.165, 1.54) is 0 Å². The molecule has 1 aromatic heterocycles. The summed E-state index contributed by atoms with van der Waals surface area (Å²) in [7, 11) is 0. The largest absolute Gasteiger partial charge is 0.381 e. The van der Waals surface area contributed by atoms with Crippen molar-refractivity contribution in [2.75, 3.05) is 13.2 Å². The van der Waals surface area contributed by atoms with Crippen LogP contribution in [-0.2, 0) is 4.74 Å². The third kappa shape index (κ3) is 2.71. The van der Waals surface area contributed by atoms with Gasteiger partial charge in [0.1, 0.15) is 0 Å². The molecule has 1 aliphatic rings. The highest BCUT2D eigenvalue weighted by Crippen LogP contribution is 2.24. The summed E-state index contributed by atoms with van der Waals surface area (Å²) in [5.41, 5.74) is 3.68. The summed E-state index contributed by atoms with van der Waals surface area (Å²) >= 11 is 0. The molecule has 1 saturated heterocycles. The summed E-state index contributed by atoms with van der Waals surface area (Å²) in [6, 6.07) is 0.0744. The highest BCUT2D eigenvalue weighted by atomic mass is 16.5. The van der Waals surface area contributed by atoms with Crippen LogP contribution in [0.2, 0.25) is 0 Å². The number of hydrazine groups is 1. The van der Waals surface area contributed by atoms with Gasteiger partial charge in [0.05, 0.1) is 17.9 Å². The summed E-state index contributed by atoms with van der Waals surface area (Å²) in [4.78, 5) is 8.28. The molecule has 82 valence electrons. The van der Waals surface area contributed by atoms with Crippen LogP contribution in [0.15, 0.2) is 18.6 Å². The Morgan fingerprint density at radius 3 is 3.13 bits per heavy atom. The van der Waals surface area contributed by atoms with Gasteiger partial charge in [-0.15, -0.1) is 0 Å². The van der Waals surface area contributed by atoms with Gasteiger partial charge < -0.3 is 4.74 Å². The summed E-state index contributed by atoms with van der Waals surface area (Å²) in [5.74, 6) is 6.10. The second-order valence-electron chi connectivity index (χ2n) is 3.81. The molecule has 1 aliphatic heterocycles. The van der Waals surface area contributed by atoms with Crippen LogP contribution in [0.4, 0.5) is 0 Å². The van der Waals surface area contributed by atoms with Crippen molar-refractivity contribution >= 4 is 0 Å². The smallest absolute Gasteiger partial charge is 0.0769 e. The van der Waals surface area contributed by atoms with Gasteiger partial charge in [-0.2, -0.15) is 0 Å². The Kier molecular flexibility index (Phi) is 3.60. The molecule has 0 aromatic carbocycles.